The molecule has 10 rings (SSSR count). The van der Waals surface area contributed by atoms with Crippen LogP contribution in [0.1, 0.15) is 0 Å². The SMILES string of the molecule is c1ccc(-c2ccc(-c3nc(-c4cccc5c4ccc4c6ncccc6sc54)nc(-c4cccc5c4oc4ccccc45)n3)cc2)cc1. The van der Waals surface area contributed by atoms with Crippen molar-refractivity contribution in [2.75, 3.05) is 0 Å². The van der Waals surface area contributed by atoms with Gasteiger partial charge in [0.2, 0.25) is 0 Å². The van der Waals surface area contributed by atoms with E-state index in [0.29, 0.717) is 17.5 Å². The summed E-state index contributed by atoms with van der Waals surface area (Å²) in [5.74, 6) is 1.78. The van der Waals surface area contributed by atoms with E-state index in [1.54, 1.807) is 11.3 Å². The van der Waals surface area contributed by atoms with E-state index in [4.69, 9.17) is 19.4 Å². The minimum atomic E-state index is 0.566. The van der Waals surface area contributed by atoms with Crippen molar-refractivity contribution >= 4 is 64.4 Å². The van der Waals surface area contributed by atoms with E-state index in [2.05, 4.69) is 102 Å². The first-order chi connectivity index (χ1) is 23.8. The molecule has 0 bridgehead atoms. The lowest BCUT2D eigenvalue weighted by Crippen LogP contribution is -2.01. The van der Waals surface area contributed by atoms with Crippen LogP contribution in [-0.2, 0) is 0 Å². The molecule has 0 N–H and O–H groups in total. The van der Waals surface area contributed by atoms with Gasteiger partial charge in [-0.1, -0.05) is 115 Å². The Kier molecular flexibility index (Phi) is 5.98. The quantitative estimate of drug-likeness (QED) is 0.193. The number of nitrogens with zero attached hydrogens (tertiary/aromatic N) is 4. The topological polar surface area (TPSA) is 64.7 Å². The molecule has 0 aliphatic heterocycles. The molecular formula is C42H24N4OS. The second-order valence-electron chi connectivity index (χ2n) is 11.8. The molecular weight excluding hydrogens is 609 g/mol. The average Bonchev–Trinajstić information content (AvgIpc) is 3.74. The maximum absolute atomic E-state index is 6.44. The number of rotatable bonds is 4. The van der Waals surface area contributed by atoms with Crippen LogP contribution in [0.2, 0.25) is 0 Å². The van der Waals surface area contributed by atoms with Gasteiger partial charge in [0.25, 0.3) is 0 Å². The number of para-hydroxylation sites is 2. The molecule has 0 aliphatic carbocycles. The lowest BCUT2D eigenvalue weighted by atomic mass is 10.0. The van der Waals surface area contributed by atoms with E-state index in [1.807, 2.05) is 48.7 Å². The van der Waals surface area contributed by atoms with E-state index in [9.17, 15) is 0 Å². The van der Waals surface area contributed by atoms with Crippen molar-refractivity contribution in [3.63, 3.8) is 0 Å². The molecule has 0 amide bonds. The molecule has 4 heterocycles. The Morgan fingerprint density at radius 1 is 0.438 bits per heavy atom. The van der Waals surface area contributed by atoms with Crippen LogP contribution in [0, 0.1) is 0 Å². The van der Waals surface area contributed by atoms with E-state index >= 15 is 0 Å². The zero-order valence-electron chi connectivity index (χ0n) is 25.5. The van der Waals surface area contributed by atoms with Gasteiger partial charge in [0.15, 0.2) is 17.5 Å². The van der Waals surface area contributed by atoms with Gasteiger partial charge in [-0.15, -0.1) is 11.3 Å². The van der Waals surface area contributed by atoms with Crippen LogP contribution in [0.3, 0.4) is 0 Å². The number of hydrogen-bond donors (Lipinski definition) is 0. The minimum absolute atomic E-state index is 0.566. The smallest absolute Gasteiger partial charge is 0.167 e. The molecule has 0 atom stereocenters. The van der Waals surface area contributed by atoms with Crippen molar-refractivity contribution < 1.29 is 4.42 Å². The van der Waals surface area contributed by atoms with Crippen LogP contribution in [0.25, 0.3) is 98.3 Å². The zero-order valence-corrected chi connectivity index (χ0v) is 26.3. The fourth-order valence-electron chi connectivity index (χ4n) is 6.72. The van der Waals surface area contributed by atoms with Crippen molar-refractivity contribution in [3.05, 3.63) is 146 Å². The number of thiophene rings is 1. The largest absolute Gasteiger partial charge is 0.455 e. The van der Waals surface area contributed by atoms with Gasteiger partial charge in [-0.25, -0.2) is 15.0 Å². The van der Waals surface area contributed by atoms with Crippen LogP contribution < -0.4 is 0 Å². The monoisotopic (exact) mass is 632 g/mol. The average molecular weight is 633 g/mol. The molecule has 10 aromatic rings. The summed E-state index contributed by atoms with van der Waals surface area (Å²) < 4.78 is 8.82. The standard InChI is InChI=1S/C42H24N4OS/c1-2-9-25(10-3-1)26-18-20-27(21-19-26)40-44-41(46-42(45-40)34-15-6-12-30-29-11-4-5-16-35(29)47-38(30)34)32-14-7-13-31-28(32)22-23-33-37-36(48-39(31)33)17-8-24-43-37/h1-24H. The van der Waals surface area contributed by atoms with E-state index in [1.165, 1.54) is 9.40 Å². The first kappa shape index (κ1) is 26.9. The van der Waals surface area contributed by atoms with Crippen LogP contribution in [0.15, 0.2) is 150 Å². The fraction of sp³-hybridized carbons (Fsp3) is 0. The summed E-state index contributed by atoms with van der Waals surface area (Å²) in [6.45, 7) is 0. The van der Waals surface area contributed by atoms with Crippen molar-refractivity contribution in [2.45, 2.75) is 0 Å². The van der Waals surface area contributed by atoms with Gasteiger partial charge in [-0.05, 0) is 40.8 Å². The number of benzene rings is 6. The van der Waals surface area contributed by atoms with Crippen LogP contribution in [0.5, 0.6) is 0 Å². The lowest BCUT2D eigenvalue weighted by molar-refractivity contribution is 0.669. The van der Waals surface area contributed by atoms with Crippen LogP contribution in [-0.4, -0.2) is 19.9 Å². The highest BCUT2D eigenvalue weighted by Crippen LogP contribution is 2.41. The van der Waals surface area contributed by atoms with E-state index < -0.39 is 0 Å². The summed E-state index contributed by atoms with van der Waals surface area (Å²) in [5, 5.41) is 5.50. The Labute approximate surface area is 278 Å². The molecule has 0 radical (unpaired) electrons. The number of fused-ring (bicyclic) bond motifs is 8. The Bertz CT molecular complexity index is 2840. The Morgan fingerprint density at radius 2 is 1.10 bits per heavy atom. The summed E-state index contributed by atoms with van der Waals surface area (Å²) in [5.41, 5.74) is 7.62. The van der Waals surface area contributed by atoms with Gasteiger partial charge >= 0.3 is 0 Å². The van der Waals surface area contributed by atoms with Crippen LogP contribution in [0.4, 0.5) is 0 Å². The first-order valence-corrected chi connectivity index (χ1v) is 16.6. The second kappa shape index (κ2) is 10.7. The molecule has 0 saturated carbocycles. The van der Waals surface area contributed by atoms with E-state index in [0.717, 1.165) is 71.4 Å². The molecule has 0 saturated heterocycles. The van der Waals surface area contributed by atoms with Gasteiger partial charge in [-0.2, -0.15) is 0 Å². The summed E-state index contributed by atoms with van der Waals surface area (Å²) in [6, 6.07) is 47.9. The Morgan fingerprint density at radius 3 is 1.98 bits per heavy atom. The van der Waals surface area contributed by atoms with E-state index in [-0.39, 0.29) is 0 Å². The second-order valence-corrected chi connectivity index (χ2v) is 12.9. The lowest BCUT2D eigenvalue weighted by Gasteiger charge is -2.11. The molecule has 4 aromatic heterocycles. The number of aromatic nitrogens is 4. The number of furan rings is 1. The maximum Gasteiger partial charge on any atom is 0.167 e. The molecule has 0 fully saturated rings. The Hall–Kier alpha value is -6.24. The summed E-state index contributed by atoms with van der Waals surface area (Å²) >= 11 is 1.77. The highest BCUT2D eigenvalue weighted by Gasteiger charge is 2.19. The number of hydrogen-bond acceptors (Lipinski definition) is 6. The number of pyridine rings is 1. The summed E-state index contributed by atoms with van der Waals surface area (Å²) in [7, 11) is 0. The van der Waals surface area contributed by atoms with Crippen molar-refractivity contribution in [2.24, 2.45) is 0 Å². The Balaban J connectivity index is 1.21. The van der Waals surface area contributed by atoms with Gasteiger partial charge < -0.3 is 4.42 Å². The van der Waals surface area contributed by atoms with Crippen molar-refractivity contribution in [1.29, 1.82) is 0 Å². The highest BCUT2D eigenvalue weighted by molar-refractivity contribution is 7.26. The van der Waals surface area contributed by atoms with Crippen LogP contribution >= 0.6 is 11.3 Å². The molecule has 48 heavy (non-hydrogen) atoms. The molecule has 6 heteroatoms. The normalized spacial score (nSPS) is 11.8. The third-order valence-electron chi connectivity index (χ3n) is 9.02. The predicted octanol–water partition coefficient (Wildman–Crippen LogP) is 11.4. The van der Waals surface area contributed by atoms with Gasteiger partial charge in [-0.3, -0.25) is 4.98 Å². The first-order valence-electron chi connectivity index (χ1n) is 15.8. The fourth-order valence-corrected chi connectivity index (χ4v) is 7.91. The molecule has 0 unspecified atom stereocenters. The third-order valence-corrected chi connectivity index (χ3v) is 10.2. The zero-order chi connectivity index (χ0) is 31.6. The molecule has 0 aliphatic rings. The van der Waals surface area contributed by atoms with Gasteiger partial charge in [0, 0.05) is 43.6 Å². The van der Waals surface area contributed by atoms with Crippen molar-refractivity contribution in [1.82, 2.24) is 19.9 Å². The summed E-state index contributed by atoms with van der Waals surface area (Å²) in [4.78, 5) is 20.1. The maximum atomic E-state index is 6.44. The highest BCUT2D eigenvalue weighted by atomic mass is 32.1. The molecule has 0 spiro atoms. The third kappa shape index (κ3) is 4.24. The molecule has 6 aromatic carbocycles. The minimum Gasteiger partial charge on any atom is -0.455 e. The molecule has 5 nitrogen and oxygen atoms in total. The van der Waals surface area contributed by atoms with Gasteiger partial charge in [0.05, 0.1) is 15.8 Å². The van der Waals surface area contributed by atoms with Crippen molar-refractivity contribution in [3.8, 4) is 45.3 Å². The summed E-state index contributed by atoms with van der Waals surface area (Å²) in [6.07, 6.45) is 1.86. The van der Waals surface area contributed by atoms with Gasteiger partial charge in [0.1, 0.15) is 11.2 Å². The molecule has 224 valence electrons. The predicted molar refractivity (Wildman–Crippen MR) is 197 cm³/mol.